The number of nitrogens with one attached hydrogen (secondary N) is 1. The Morgan fingerprint density at radius 1 is 0.923 bits per heavy atom. The van der Waals surface area contributed by atoms with Crippen molar-refractivity contribution in [1.29, 1.82) is 0 Å². The molecule has 5 rings (SSSR count). The molecule has 5 aromatic rings. The molecule has 0 atom stereocenters. The standard InChI is InChI=1S/C29H23Cl2N5O3/c30-23-9-8-22(16-24(23)31)39-21-6-3-4-18(14-21)28-35-25-15-19(7-10-26(25)36(28)17-27(32)37)29(38)34-13-11-20-5-1-2-12-33-20/h1-10,12,14-16H,11,13,17H2,(H2,32,37)(H,34,38). The number of imidazole rings is 1. The number of pyridine rings is 1. The van der Waals surface area contributed by atoms with Crippen molar-refractivity contribution in [3.05, 3.63) is 106 Å². The molecule has 3 N–H and O–H groups in total. The summed E-state index contributed by atoms with van der Waals surface area (Å²) in [7, 11) is 0. The lowest BCUT2D eigenvalue weighted by Gasteiger charge is -2.10. The van der Waals surface area contributed by atoms with Gasteiger partial charge in [0.1, 0.15) is 23.9 Å². The van der Waals surface area contributed by atoms with E-state index in [1.807, 2.05) is 30.3 Å². The summed E-state index contributed by atoms with van der Waals surface area (Å²) in [5, 5.41) is 3.72. The van der Waals surface area contributed by atoms with Crippen LogP contribution in [0.4, 0.5) is 0 Å². The minimum atomic E-state index is -0.518. The fourth-order valence-electron chi connectivity index (χ4n) is 4.13. The highest BCUT2D eigenvalue weighted by Crippen LogP contribution is 2.32. The van der Waals surface area contributed by atoms with Gasteiger partial charge in [-0.3, -0.25) is 14.6 Å². The van der Waals surface area contributed by atoms with Crippen LogP contribution in [0.5, 0.6) is 11.5 Å². The number of nitrogens with two attached hydrogens (primary N) is 1. The first-order chi connectivity index (χ1) is 18.9. The van der Waals surface area contributed by atoms with E-state index in [0.717, 1.165) is 5.69 Å². The van der Waals surface area contributed by atoms with Crippen molar-refractivity contribution in [3.8, 4) is 22.9 Å². The van der Waals surface area contributed by atoms with Gasteiger partial charge in [0.05, 0.1) is 21.1 Å². The molecular weight excluding hydrogens is 537 g/mol. The second-order valence-corrected chi connectivity index (χ2v) is 9.54. The average Bonchev–Trinajstić information content (AvgIpc) is 3.28. The Morgan fingerprint density at radius 3 is 2.54 bits per heavy atom. The smallest absolute Gasteiger partial charge is 0.251 e. The third-order valence-electron chi connectivity index (χ3n) is 5.94. The molecule has 0 unspecified atom stereocenters. The first-order valence-corrected chi connectivity index (χ1v) is 12.8. The van der Waals surface area contributed by atoms with E-state index in [4.69, 9.17) is 38.7 Å². The van der Waals surface area contributed by atoms with Gasteiger partial charge in [-0.05, 0) is 54.6 Å². The number of hydrogen-bond acceptors (Lipinski definition) is 5. The monoisotopic (exact) mass is 559 g/mol. The van der Waals surface area contributed by atoms with E-state index < -0.39 is 5.91 Å². The lowest BCUT2D eigenvalue weighted by molar-refractivity contribution is -0.118. The minimum Gasteiger partial charge on any atom is -0.457 e. The van der Waals surface area contributed by atoms with Crippen molar-refractivity contribution in [2.75, 3.05) is 6.54 Å². The number of primary amides is 1. The van der Waals surface area contributed by atoms with Gasteiger partial charge in [0.15, 0.2) is 0 Å². The number of rotatable bonds is 9. The summed E-state index contributed by atoms with van der Waals surface area (Å²) >= 11 is 12.1. The van der Waals surface area contributed by atoms with Crippen molar-refractivity contribution in [2.45, 2.75) is 13.0 Å². The van der Waals surface area contributed by atoms with Gasteiger partial charge in [-0.1, -0.05) is 41.4 Å². The highest BCUT2D eigenvalue weighted by atomic mass is 35.5. The molecule has 0 saturated heterocycles. The predicted octanol–water partition coefficient (Wildman–Crippen LogP) is 5.66. The van der Waals surface area contributed by atoms with Crippen LogP contribution in [0.3, 0.4) is 0 Å². The highest BCUT2D eigenvalue weighted by Gasteiger charge is 2.17. The van der Waals surface area contributed by atoms with Gasteiger partial charge in [-0.15, -0.1) is 0 Å². The molecule has 8 nitrogen and oxygen atoms in total. The van der Waals surface area contributed by atoms with Crippen molar-refractivity contribution >= 4 is 46.0 Å². The number of hydrogen-bond donors (Lipinski definition) is 2. The predicted molar refractivity (Wildman–Crippen MR) is 151 cm³/mol. The Balaban J connectivity index is 1.41. The van der Waals surface area contributed by atoms with E-state index in [0.29, 0.717) is 62.5 Å². The Bertz CT molecular complexity index is 1670. The number of benzene rings is 3. The first-order valence-electron chi connectivity index (χ1n) is 12.1. The molecule has 0 bridgehead atoms. The largest absolute Gasteiger partial charge is 0.457 e. The third kappa shape index (κ3) is 6.19. The third-order valence-corrected chi connectivity index (χ3v) is 6.68. The van der Waals surface area contributed by atoms with E-state index in [1.165, 1.54) is 0 Å². The van der Waals surface area contributed by atoms with E-state index in [-0.39, 0.29) is 12.5 Å². The summed E-state index contributed by atoms with van der Waals surface area (Å²) in [4.78, 5) is 33.8. The van der Waals surface area contributed by atoms with Crippen LogP contribution < -0.4 is 15.8 Å². The molecule has 0 aliphatic carbocycles. The van der Waals surface area contributed by atoms with Crippen LogP contribution in [-0.4, -0.2) is 32.9 Å². The first kappa shape index (κ1) is 26.2. The zero-order valence-electron chi connectivity index (χ0n) is 20.6. The molecule has 10 heteroatoms. The van der Waals surface area contributed by atoms with Crippen LogP contribution in [0, 0.1) is 0 Å². The second kappa shape index (κ2) is 11.6. The van der Waals surface area contributed by atoms with E-state index in [9.17, 15) is 9.59 Å². The van der Waals surface area contributed by atoms with Crippen LogP contribution in [0.25, 0.3) is 22.4 Å². The van der Waals surface area contributed by atoms with Gasteiger partial charge in [0.2, 0.25) is 5.91 Å². The van der Waals surface area contributed by atoms with Crippen LogP contribution in [0.15, 0.2) is 85.1 Å². The van der Waals surface area contributed by atoms with Gasteiger partial charge in [-0.25, -0.2) is 4.98 Å². The van der Waals surface area contributed by atoms with Crippen molar-refractivity contribution in [3.63, 3.8) is 0 Å². The quantitative estimate of drug-likeness (QED) is 0.242. The fraction of sp³-hybridized carbons (Fsp3) is 0.103. The Labute approximate surface area is 234 Å². The molecule has 0 spiro atoms. The van der Waals surface area contributed by atoms with Gasteiger partial charge in [0.25, 0.3) is 5.91 Å². The van der Waals surface area contributed by atoms with E-state index in [2.05, 4.69) is 10.3 Å². The normalized spacial score (nSPS) is 10.9. The van der Waals surface area contributed by atoms with Gasteiger partial charge < -0.3 is 20.4 Å². The number of halogens is 2. The number of nitrogens with zero attached hydrogens (tertiary/aromatic N) is 3. The molecule has 3 aromatic carbocycles. The molecule has 0 saturated carbocycles. The average molecular weight is 560 g/mol. The Hall–Kier alpha value is -4.40. The van der Waals surface area contributed by atoms with Crippen molar-refractivity contribution in [1.82, 2.24) is 19.9 Å². The van der Waals surface area contributed by atoms with Crippen LogP contribution in [0.1, 0.15) is 16.1 Å². The number of carbonyl (C=O) groups is 2. The van der Waals surface area contributed by atoms with Crippen molar-refractivity contribution < 1.29 is 14.3 Å². The zero-order chi connectivity index (χ0) is 27.4. The Kier molecular flexibility index (Phi) is 7.76. The Morgan fingerprint density at radius 2 is 1.77 bits per heavy atom. The summed E-state index contributed by atoms with van der Waals surface area (Å²) in [6.07, 6.45) is 2.34. The van der Waals surface area contributed by atoms with Gasteiger partial charge >= 0.3 is 0 Å². The van der Waals surface area contributed by atoms with Crippen LogP contribution >= 0.6 is 23.2 Å². The van der Waals surface area contributed by atoms with E-state index >= 15 is 0 Å². The van der Waals surface area contributed by atoms with Crippen LogP contribution in [0.2, 0.25) is 10.0 Å². The van der Waals surface area contributed by atoms with E-state index in [1.54, 1.807) is 59.3 Å². The molecule has 0 aliphatic rings. The van der Waals surface area contributed by atoms with Crippen molar-refractivity contribution in [2.24, 2.45) is 5.73 Å². The van der Waals surface area contributed by atoms with Crippen LogP contribution in [-0.2, 0) is 17.8 Å². The number of aromatic nitrogens is 3. The minimum absolute atomic E-state index is 0.0840. The summed E-state index contributed by atoms with van der Waals surface area (Å²) in [5.74, 6) is 0.824. The number of amides is 2. The van der Waals surface area contributed by atoms with Gasteiger partial charge in [0, 0.05) is 42.0 Å². The summed E-state index contributed by atoms with van der Waals surface area (Å²) in [5.41, 5.74) is 8.83. The molecule has 0 radical (unpaired) electrons. The SMILES string of the molecule is NC(=O)Cn1c(-c2cccc(Oc3ccc(Cl)c(Cl)c3)c2)nc2cc(C(=O)NCCc3ccccn3)ccc21. The fourth-order valence-corrected chi connectivity index (χ4v) is 4.42. The molecular formula is C29H23Cl2N5O3. The molecule has 39 heavy (non-hydrogen) atoms. The number of carbonyl (C=O) groups excluding carboxylic acids is 2. The molecule has 0 fully saturated rings. The summed E-state index contributed by atoms with van der Waals surface area (Å²) in [6.45, 7) is 0.361. The maximum absolute atomic E-state index is 12.8. The number of fused-ring (bicyclic) bond motifs is 1. The topological polar surface area (TPSA) is 112 Å². The second-order valence-electron chi connectivity index (χ2n) is 8.72. The summed E-state index contributed by atoms with van der Waals surface area (Å²) in [6, 6.07) is 23.1. The summed E-state index contributed by atoms with van der Waals surface area (Å²) < 4.78 is 7.68. The maximum Gasteiger partial charge on any atom is 0.251 e. The molecule has 2 heterocycles. The lowest BCUT2D eigenvalue weighted by Crippen LogP contribution is -2.25. The molecule has 0 aliphatic heterocycles. The highest BCUT2D eigenvalue weighted by molar-refractivity contribution is 6.42. The zero-order valence-corrected chi connectivity index (χ0v) is 22.1. The number of ether oxygens (including phenoxy) is 1. The molecule has 196 valence electrons. The molecule has 2 aromatic heterocycles. The van der Waals surface area contributed by atoms with Gasteiger partial charge in [-0.2, -0.15) is 0 Å². The molecule has 2 amide bonds. The maximum atomic E-state index is 12.8. The lowest BCUT2D eigenvalue weighted by atomic mass is 10.2.